The molecule has 1 saturated carbocycles. The number of Topliss-reactive ketones (excluding diaryl/α,β-unsaturated/α-hetero) is 1. The second-order valence-corrected chi connectivity index (χ2v) is 16.4. The fourth-order valence-electron chi connectivity index (χ4n) is 9.93. The zero-order valence-electron chi connectivity index (χ0n) is 32.2. The first-order chi connectivity index (χ1) is 24.9. The van der Waals surface area contributed by atoms with Gasteiger partial charge in [-0.05, 0) is 115 Å². The third-order valence-electron chi connectivity index (χ3n) is 12.8. The van der Waals surface area contributed by atoms with Crippen molar-refractivity contribution in [3.8, 4) is 0 Å². The lowest BCUT2D eigenvalue weighted by Gasteiger charge is -2.41. The molecule has 0 amide bonds. The Labute approximate surface area is 310 Å². The number of aliphatic hydroxyl groups excluding tert-OH is 2. The summed E-state index contributed by atoms with van der Waals surface area (Å²) in [6.45, 7) is 7.87. The molecule has 11 nitrogen and oxygen atoms in total. The van der Waals surface area contributed by atoms with Crippen LogP contribution in [0.15, 0.2) is 36.0 Å². The highest BCUT2D eigenvalue weighted by molar-refractivity contribution is 5.99. The third-order valence-corrected chi connectivity index (χ3v) is 12.8. The molecule has 52 heavy (non-hydrogen) atoms. The Kier molecular flexibility index (Phi) is 13.2. The number of ketones is 1. The predicted octanol–water partition coefficient (Wildman–Crippen LogP) is 4.74. The lowest BCUT2D eigenvalue weighted by Crippen LogP contribution is -2.58. The van der Waals surface area contributed by atoms with Crippen LogP contribution in [0, 0.1) is 35.5 Å². The monoisotopic (exact) mass is 729 g/mol. The van der Waals surface area contributed by atoms with Gasteiger partial charge in [-0.3, -0.25) is 9.59 Å². The highest BCUT2D eigenvalue weighted by atomic mass is 16.7. The third kappa shape index (κ3) is 8.47. The van der Waals surface area contributed by atoms with Crippen LogP contribution in [-0.2, 0) is 38.0 Å². The molecule has 3 aliphatic heterocycles. The average molecular weight is 730 g/mol. The predicted molar refractivity (Wildman–Crippen MR) is 194 cm³/mol. The molecule has 6 rings (SSSR count). The van der Waals surface area contributed by atoms with Crippen molar-refractivity contribution in [2.75, 3.05) is 21.2 Å². The van der Waals surface area contributed by atoms with Crippen LogP contribution in [0.4, 0.5) is 0 Å². The summed E-state index contributed by atoms with van der Waals surface area (Å²) in [6.07, 6.45) is 11.4. The van der Waals surface area contributed by atoms with Crippen LogP contribution in [0.5, 0.6) is 0 Å². The molecule has 0 bridgehead atoms. The molecule has 3 aliphatic carbocycles. The van der Waals surface area contributed by atoms with Crippen molar-refractivity contribution in [1.29, 1.82) is 0 Å². The Bertz CT molecular complexity index is 1330. The van der Waals surface area contributed by atoms with Crippen LogP contribution < -0.4 is 0 Å². The van der Waals surface area contributed by atoms with E-state index in [1.54, 1.807) is 6.92 Å². The quantitative estimate of drug-likeness (QED) is 0.265. The zero-order chi connectivity index (χ0) is 37.3. The van der Waals surface area contributed by atoms with Crippen molar-refractivity contribution in [2.24, 2.45) is 35.5 Å². The van der Waals surface area contributed by atoms with Gasteiger partial charge in [-0.25, -0.2) is 0 Å². The van der Waals surface area contributed by atoms with E-state index in [0.29, 0.717) is 18.9 Å². The van der Waals surface area contributed by atoms with Gasteiger partial charge in [0.1, 0.15) is 24.4 Å². The number of cyclic esters (lactones) is 1. The van der Waals surface area contributed by atoms with E-state index in [0.717, 1.165) is 44.1 Å². The van der Waals surface area contributed by atoms with Gasteiger partial charge < -0.3 is 43.5 Å². The van der Waals surface area contributed by atoms with Gasteiger partial charge in [0.15, 0.2) is 18.4 Å². The average Bonchev–Trinajstić information content (AvgIpc) is 3.69. The standard InChI is InChI=1S/C41H63NO10/c1-8-9-11-26-12-10-13-34(52-36-17-16-33(42(5)6)23(3)48-36)22(2)37(44)32-20-30-28(31(32)21-35(43)50-26)15-14-25-18-27(19-29(25)30)51-41-40(47-7)39(46)38(45)24(4)49-41/h9,11,14-15,20,22-31,33-34,36,38-41,45-46H,8,10,12-13,16-19,21H2,1-7H3/b11-9+/t22-,23-,24+,25?,26+,27-,28?,29?,30?,31?,33+,34+,36?,38+,39-,40-,41+/m1/s1. The first kappa shape index (κ1) is 39.7. The van der Waals surface area contributed by atoms with E-state index in [9.17, 15) is 19.8 Å². The molecule has 292 valence electrons. The molecule has 0 aromatic heterocycles. The maximum Gasteiger partial charge on any atom is 0.307 e. The number of hydrogen-bond acceptors (Lipinski definition) is 11. The lowest BCUT2D eigenvalue weighted by molar-refractivity contribution is -0.308. The number of likely N-dealkylation sites (N-methyl/N-ethyl adjacent to an activating group) is 1. The number of carbonyl (C=O) groups excluding carboxylic acids is 2. The second kappa shape index (κ2) is 17.2. The van der Waals surface area contributed by atoms with Gasteiger partial charge in [0.2, 0.25) is 0 Å². The highest BCUT2D eigenvalue weighted by Crippen LogP contribution is 2.54. The number of esters is 1. The lowest BCUT2D eigenvalue weighted by atomic mass is 9.70. The van der Waals surface area contributed by atoms with E-state index in [2.05, 4.69) is 57.1 Å². The van der Waals surface area contributed by atoms with Gasteiger partial charge in [0.25, 0.3) is 0 Å². The van der Waals surface area contributed by atoms with Crippen LogP contribution in [0.3, 0.4) is 0 Å². The van der Waals surface area contributed by atoms with Crippen molar-refractivity contribution < 1.29 is 48.2 Å². The molecule has 2 N–H and O–H groups in total. The van der Waals surface area contributed by atoms with Crippen LogP contribution in [0.25, 0.3) is 0 Å². The molecule has 11 heteroatoms. The van der Waals surface area contributed by atoms with Crippen LogP contribution in [-0.4, -0.2) is 116 Å². The van der Waals surface area contributed by atoms with Crippen molar-refractivity contribution in [3.63, 3.8) is 0 Å². The van der Waals surface area contributed by atoms with Gasteiger partial charge in [-0.2, -0.15) is 0 Å². The van der Waals surface area contributed by atoms with Crippen LogP contribution in [0.1, 0.15) is 85.5 Å². The molecule has 0 aromatic rings. The normalized spacial score (nSPS) is 45.9. The minimum absolute atomic E-state index is 0.00853. The van der Waals surface area contributed by atoms with Crippen LogP contribution >= 0.6 is 0 Å². The molecule has 0 aromatic carbocycles. The topological polar surface area (TPSA) is 133 Å². The molecular formula is C41H63NO10. The smallest absolute Gasteiger partial charge is 0.307 e. The first-order valence-corrected chi connectivity index (χ1v) is 19.9. The van der Waals surface area contributed by atoms with Crippen LogP contribution in [0.2, 0.25) is 0 Å². The van der Waals surface area contributed by atoms with E-state index in [1.165, 1.54) is 7.11 Å². The fourth-order valence-corrected chi connectivity index (χ4v) is 9.93. The number of rotatable bonds is 8. The van der Waals surface area contributed by atoms with Crippen molar-refractivity contribution >= 4 is 11.8 Å². The number of carbonyl (C=O) groups is 2. The fraction of sp³-hybridized carbons (Fsp3) is 0.805. The van der Waals surface area contributed by atoms with Gasteiger partial charge in [0, 0.05) is 25.0 Å². The summed E-state index contributed by atoms with van der Waals surface area (Å²) in [6, 6.07) is 0.320. The van der Waals surface area contributed by atoms with Crippen molar-refractivity contribution in [1.82, 2.24) is 4.90 Å². The van der Waals surface area contributed by atoms with Crippen molar-refractivity contribution in [3.05, 3.63) is 36.0 Å². The second-order valence-electron chi connectivity index (χ2n) is 16.4. The molecule has 0 spiro atoms. The Morgan fingerprint density at radius 1 is 0.942 bits per heavy atom. The molecule has 17 atom stereocenters. The van der Waals surface area contributed by atoms with E-state index < -0.39 is 36.6 Å². The summed E-state index contributed by atoms with van der Waals surface area (Å²) >= 11 is 0. The number of aliphatic hydroxyl groups is 2. The summed E-state index contributed by atoms with van der Waals surface area (Å²) in [4.78, 5) is 30.5. The molecule has 3 heterocycles. The van der Waals surface area contributed by atoms with Gasteiger partial charge in [0.05, 0.1) is 30.8 Å². The largest absolute Gasteiger partial charge is 0.458 e. The number of nitrogens with zero attached hydrogens (tertiary/aromatic N) is 1. The number of ether oxygens (including phenoxy) is 6. The SMILES string of the molecule is CC/C=C/[C@H]1CCC[C@H](OC2CC[C@H](N(C)C)[C@@H](C)O2)[C@@H](C)C(=O)C2=CC3C(C=CC4C[C@@H](O[C@@H]5O[C@@H](C)[C@H](O)[C@@H](O)[C@H]5OC)CC43)C2CC(=O)O1. The molecule has 6 unspecified atom stereocenters. The Morgan fingerprint density at radius 3 is 2.44 bits per heavy atom. The molecule has 6 aliphatic rings. The Hall–Kier alpha value is -1.96. The molecule has 0 radical (unpaired) electrons. The number of hydrogen-bond donors (Lipinski definition) is 2. The summed E-state index contributed by atoms with van der Waals surface area (Å²) in [5, 5.41) is 21.0. The van der Waals surface area contributed by atoms with Gasteiger partial charge in [-0.15, -0.1) is 0 Å². The number of methoxy groups -OCH3 is 1. The summed E-state index contributed by atoms with van der Waals surface area (Å²) in [7, 11) is 5.64. The summed E-state index contributed by atoms with van der Waals surface area (Å²) in [5.74, 6) is -0.415. The zero-order valence-corrected chi connectivity index (χ0v) is 32.2. The van der Waals surface area contributed by atoms with Gasteiger partial charge in [-0.1, -0.05) is 38.2 Å². The maximum atomic E-state index is 14.7. The van der Waals surface area contributed by atoms with E-state index in [1.807, 2.05) is 13.0 Å². The molecule has 3 saturated heterocycles. The highest BCUT2D eigenvalue weighted by Gasteiger charge is 2.52. The maximum absolute atomic E-state index is 14.7. The molecular weight excluding hydrogens is 666 g/mol. The minimum atomic E-state index is -1.12. The summed E-state index contributed by atoms with van der Waals surface area (Å²) in [5.41, 5.74) is 0.718. The van der Waals surface area contributed by atoms with Crippen molar-refractivity contribution in [2.45, 2.75) is 153 Å². The minimum Gasteiger partial charge on any atom is -0.458 e. The van der Waals surface area contributed by atoms with Gasteiger partial charge >= 0.3 is 5.97 Å². The first-order valence-electron chi connectivity index (χ1n) is 19.9. The van der Waals surface area contributed by atoms with E-state index >= 15 is 0 Å². The Morgan fingerprint density at radius 2 is 1.73 bits per heavy atom. The molecule has 4 fully saturated rings. The van der Waals surface area contributed by atoms with E-state index in [-0.39, 0.29) is 78.5 Å². The number of fused-ring (bicyclic) bond motifs is 5. The van der Waals surface area contributed by atoms with E-state index in [4.69, 9.17) is 28.4 Å². The Balaban J connectivity index is 1.22. The summed E-state index contributed by atoms with van der Waals surface area (Å²) < 4.78 is 37.1. The number of allylic oxidation sites excluding steroid dienone is 5.